The van der Waals surface area contributed by atoms with Gasteiger partial charge in [0.15, 0.2) is 11.5 Å². The number of hydrogen-bond acceptors (Lipinski definition) is 9. The minimum absolute atomic E-state index is 0.129. The molecular formula is C33H36N4O7. The zero-order chi connectivity index (χ0) is 30.5. The van der Waals surface area contributed by atoms with Crippen molar-refractivity contribution in [1.29, 1.82) is 0 Å². The van der Waals surface area contributed by atoms with Crippen LogP contribution >= 0.6 is 0 Å². The predicted octanol–water partition coefficient (Wildman–Crippen LogP) is 3.58. The molecule has 3 heterocycles. The molecule has 0 spiro atoms. The van der Waals surface area contributed by atoms with Gasteiger partial charge in [0, 0.05) is 38.2 Å². The van der Waals surface area contributed by atoms with Crippen LogP contribution in [-0.2, 0) is 9.53 Å². The molecule has 0 radical (unpaired) electrons. The van der Waals surface area contributed by atoms with Crippen LogP contribution < -0.4 is 18.9 Å². The van der Waals surface area contributed by atoms with Gasteiger partial charge in [-0.25, -0.2) is 5.01 Å². The van der Waals surface area contributed by atoms with E-state index in [-0.39, 0.29) is 31.2 Å². The van der Waals surface area contributed by atoms with E-state index < -0.39 is 0 Å². The molecule has 1 saturated heterocycles. The second kappa shape index (κ2) is 13.4. The number of hydrazone groups is 1. The molecule has 0 unspecified atom stereocenters. The maximum absolute atomic E-state index is 14.1. The highest BCUT2D eigenvalue weighted by atomic mass is 16.7. The van der Waals surface area contributed by atoms with E-state index in [1.165, 1.54) is 5.01 Å². The van der Waals surface area contributed by atoms with Gasteiger partial charge < -0.3 is 28.6 Å². The van der Waals surface area contributed by atoms with E-state index in [1.807, 2.05) is 42.5 Å². The summed E-state index contributed by atoms with van der Waals surface area (Å²) >= 11 is 0. The molecule has 0 N–H and O–H groups in total. The largest absolute Gasteiger partial charge is 0.497 e. The van der Waals surface area contributed by atoms with Crippen LogP contribution in [0.1, 0.15) is 33.9 Å². The lowest BCUT2D eigenvalue weighted by Crippen LogP contribution is -2.46. The molecule has 1 atom stereocenters. The van der Waals surface area contributed by atoms with Crippen molar-refractivity contribution >= 4 is 17.5 Å². The Hall–Kier alpha value is -4.61. The summed E-state index contributed by atoms with van der Waals surface area (Å²) in [5, 5.41) is 6.34. The van der Waals surface area contributed by atoms with Gasteiger partial charge in [-0.3, -0.25) is 14.5 Å². The zero-order valence-corrected chi connectivity index (χ0v) is 24.9. The van der Waals surface area contributed by atoms with Gasteiger partial charge in [-0.2, -0.15) is 5.10 Å². The van der Waals surface area contributed by atoms with Crippen LogP contribution in [0.3, 0.4) is 0 Å². The Morgan fingerprint density at radius 2 is 1.59 bits per heavy atom. The van der Waals surface area contributed by atoms with E-state index in [1.54, 1.807) is 43.4 Å². The van der Waals surface area contributed by atoms with Crippen molar-refractivity contribution in [3.63, 3.8) is 0 Å². The highest BCUT2D eigenvalue weighted by molar-refractivity contribution is 6.04. The average Bonchev–Trinajstić information content (AvgIpc) is 3.74. The molecule has 2 amide bonds. The molecular weight excluding hydrogens is 564 g/mol. The van der Waals surface area contributed by atoms with E-state index >= 15 is 0 Å². The van der Waals surface area contributed by atoms with Crippen molar-refractivity contribution < 1.29 is 33.3 Å². The first-order chi connectivity index (χ1) is 21.5. The predicted molar refractivity (Wildman–Crippen MR) is 162 cm³/mol. The lowest BCUT2D eigenvalue weighted by Gasteiger charge is -2.31. The van der Waals surface area contributed by atoms with Crippen LogP contribution in [-0.4, -0.2) is 99.3 Å². The van der Waals surface area contributed by atoms with E-state index in [0.29, 0.717) is 55.5 Å². The Bertz CT molecular complexity index is 1500. The second-order valence-electron chi connectivity index (χ2n) is 10.8. The summed E-state index contributed by atoms with van der Waals surface area (Å²) < 4.78 is 27.2. The summed E-state index contributed by atoms with van der Waals surface area (Å²) in [7, 11) is 3.20. The van der Waals surface area contributed by atoms with Crippen LogP contribution in [0.25, 0.3) is 0 Å². The molecule has 230 valence electrons. The molecule has 3 aromatic carbocycles. The number of nitrogens with zero attached hydrogens (tertiary/aromatic N) is 4. The molecule has 1 fully saturated rings. The van der Waals surface area contributed by atoms with Gasteiger partial charge in [-0.1, -0.05) is 6.07 Å². The number of ether oxygens (including phenoxy) is 5. The molecule has 0 aromatic heterocycles. The molecule has 3 aromatic rings. The van der Waals surface area contributed by atoms with Crippen molar-refractivity contribution in [2.45, 2.75) is 12.5 Å². The monoisotopic (exact) mass is 600 g/mol. The highest BCUT2D eigenvalue weighted by Gasteiger charge is 2.35. The van der Waals surface area contributed by atoms with Gasteiger partial charge in [0.1, 0.15) is 18.0 Å². The zero-order valence-electron chi connectivity index (χ0n) is 24.9. The average molecular weight is 601 g/mol. The SMILES string of the molecule is COc1ccc(C(=O)N(CCN2CCOCC2)CC(=O)N2N=C(c3ccc(OC)cc3)C[C@H]2c2ccc3c(c2)OCO3)cc1. The third kappa shape index (κ3) is 6.48. The van der Waals surface area contributed by atoms with Gasteiger partial charge in [-0.05, 0) is 71.8 Å². The topological polar surface area (TPSA) is 102 Å². The number of benzene rings is 3. The van der Waals surface area contributed by atoms with Crippen molar-refractivity contribution in [3.05, 3.63) is 83.4 Å². The van der Waals surface area contributed by atoms with Crippen molar-refractivity contribution in [1.82, 2.24) is 14.8 Å². The third-order valence-corrected chi connectivity index (χ3v) is 8.11. The number of carbonyl (C=O) groups is 2. The van der Waals surface area contributed by atoms with Crippen LogP contribution in [0.5, 0.6) is 23.0 Å². The van der Waals surface area contributed by atoms with E-state index in [4.69, 9.17) is 28.8 Å². The van der Waals surface area contributed by atoms with Crippen LogP contribution in [0, 0.1) is 0 Å². The Morgan fingerprint density at radius 3 is 2.30 bits per heavy atom. The highest BCUT2D eigenvalue weighted by Crippen LogP contribution is 2.39. The molecule has 11 nitrogen and oxygen atoms in total. The van der Waals surface area contributed by atoms with Crippen LogP contribution in [0.2, 0.25) is 0 Å². The number of amides is 2. The molecule has 0 saturated carbocycles. The van der Waals surface area contributed by atoms with E-state index in [9.17, 15) is 9.59 Å². The number of carbonyl (C=O) groups excluding carboxylic acids is 2. The normalized spacial score (nSPS) is 17.7. The van der Waals surface area contributed by atoms with E-state index in [0.717, 1.165) is 35.7 Å². The molecule has 11 heteroatoms. The van der Waals surface area contributed by atoms with Gasteiger partial charge in [0.05, 0.1) is 39.2 Å². The second-order valence-corrected chi connectivity index (χ2v) is 10.8. The smallest absolute Gasteiger partial charge is 0.262 e. The first-order valence-electron chi connectivity index (χ1n) is 14.7. The number of hydrogen-bond donors (Lipinski definition) is 0. The Labute approximate surface area is 256 Å². The summed E-state index contributed by atoms with van der Waals surface area (Å²) in [4.78, 5) is 31.8. The molecule has 0 aliphatic carbocycles. The minimum Gasteiger partial charge on any atom is -0.497 e. The third-order valence-electron chi connectivity index (χ3n) is 8.11. The van der Waals surface area contributed by atoms with Gasteiger partial charge >= 0.3 is 0 Å². The summed E-state index contributed by atoms with van der Waals surface area (Å²) in [5.41, 5.74) is 3.02. The minimum atomic E-state index is -0.383. The fourth-order valence-corrected chi connectivity index (χ4v) is 5.57. The summed E-state index contributed by atoms with van der Waals surface area (Å²) in [5.74, 6) is 2.18. The maximum atomic E-state index is 14.1. The molecule has 6 rings (SSSR count). The summed E-state index contributed by atoms with van der Waals surface area (Å²) in [6.45, 7) is 3.91. The molecule has 44 heavy (non-hydrogen) atoms. The maximum Gasteiger partial charge on any atom is 0.262 e. The quantitative estimate of drug-likeness (QED) is 0.348. The summed E-state index contributed by atoms with van der Waals surface area (Å²) in [6, 6.07) is 19.9. The van der Waals surface area contributed by atoms with E-state index in [2.05, 4.69) is 4.90 Å². The Kier molecular flexibility index (Phi) is 8.94. The number of rotatable bonds is 10. The molecule has 0 bridgehead atoms. The first-order valence-corrected chi connectivity index (χ1v) is 14.7. The van der Waals surface area contributed by atoms with Crippen molar-refractivity contribution in [3.8, 4) is 23.0 Å². The van der Waals surface area contributed by atoms with Crippen molar-refractivity contribution in [2.24, 2.45) is 5.10 Å². The number of methoxy groups -OCH3 is 2. The molecule has 3 aliphatic heterocycles. The summed E-state index contributed by atoms with van der Waals surface area (Å²) in [6.07, 6.45) is 0.498. The number of fused-ring (bicyclic) bond motifs is 1. The van der Waals surface area contributed by atoms with Crippen molar-refractivity contribution in [2.75, 3.05) is 67.0 Å². The fraction of sp³-hybridized carbons (Fsp3) is 0.364. The standard InChI is InChI=1S/C33H36N4O7/c1-40-26-8-3-23(4-9-26)28-20-29(25-7-12-30-31(19-25)44-22-43-30)37(34-28)32(38)21-36(14-13-35-15-17-42-18-16-35)33(39)24-5-10-27(41-2)11-6-24/h3-12,19,29H,13-18,20-22H2,1-2H3/t29-/m0/s1. The Morgan fingerprint density at radius 1 is 0.909 bits per heavy atom. The van der Waals surface area contributed by atoms with Gasteiger partial charge in [0.2, 0.25) is 6.79 Å². The van der Waals surface area contributed by atoms with Gasteiger partial charge in [0.25, 0.3) is 11.8 Å². The van der Waals surface area contributed by atoms with Crippen LogP contribution in [0.4, 0.5) is 0 Å². The fourth-order valence-electron chi connectivity index (χ4n) is 5.57. The lowest BCUT2D eigenvalue weighted by molar-refractivity contribution is -0.133. The lowest BCUT2D eigenvalue weighted by atomic mass is 9.98. The van der Waals surface area contributed by atoms with Crippen LogP contribution in [0.15, 0.2) is 71.8 Å². The van der Waals surface area contributed by atoms with Gasteiger partial charge in [-0.15, -0.1) is 0 Å². The first kappa shape index (κ1) is 29.5. The Balaban J connectivity index is 1.27. The molecule has 3 aliphatic rings. The number of morpholine rings is 1.